The Morgan fingerprint density at radius 3 is 2.58 bits per heavy atom. The zero-order valence-corrected chi connectivity index (χ0v) is 17.9. The van der Waals surface area contributed by atoms with Crippen molar-refractivity contribution in [3.8, 4) is 22.7 Å². The normalized spacial score (nSPS) is 10.7. The third-order valence-corrected chi connectivity index (χ3v) is 5.16. The number of ether oxygens (including phenoxy) is 1. The molecule has 0 aliphatic heterocycles. The van der Waals surface area contributed by atoms with E-state index >= 15 is 0 Å². The molecule has 2 heterocycles. The van der Waals surface area contributed by atoms with E-state index in [0.717, 1.165) is 22.4 Å². The van der Waals surface area contributed by atoms with E-state index in [9.17, 15) is 4.79 Å². The van der Waals surface area contributed by atoms with Gasteiger partial charge in [-0.3, -0.25) is 9.78 Å². The number of aromatic nitrogens is 4. The van der Waals surface area contributed by atoms with Crippen molar-refractivity contribution in [3.63, 3.8) is 0 Å². The van der Waals surface area contributed by atoms with Crippen molar-refractivity contribution >= 4 is 11.6 Å². The third kappa shape index (κ3) is 4.02. The summed E-state index contributed by atoms with van der Waals surface area (Å²) in [6.45, 7) is 6.04. The first kappa shape index (κ1) is 20.3. The van der Waals surface area contributed by atoms with Crippen LogP contribution >= 0.6 is 0 Å². The summed E-state index contributed by atoms with van der Waals surface area (Å²) in [4.78, 5) is 17.5. The second kappa shape index (κ2) is 8.39. The lowest BCUT2D eigenvalue weighted by molar-refractivity contribution is 0.102. The molecule has 0 atom stereocenters. The molecule has 0 spiro atoms. The van der Waals surface area contributed by atoms with E-state index in [0.29, 0.717) is 17.1 Å². The Labute approximate surface area is 180 Å². The molecule has 156 valence electrons. The van der Waals surface area contributed by atoms with Gasteiger partial charge in [0.05, 0.1) is 18.5 Å². The maximum atomic E-state index is 13.3. The number of hydrogen-bond acceptors (Lipinski definition) is 5. The highest BCUT2D eigenvalue weighted by molar-refractivity contribution is 6.07. The zero-order valence-electron chi connectivity index (χ0n) is 17.9. The van der Waals surface area contributed by atoms with E-state index < -0.39 is 0 Å². The van der Waals surface area contributed by atoms with Crippen molar-refractivity contribution in [1.82, 2.24) is 20.0 Å². The van der Waals surface area contributed by atoms with Crippen LogP contribution in [0.3, 0.4) is 0 Å². The minimum Gasteiger partial charge on any atom is -0.495 e. The molecule has 7 heteroatoms. The molecule has 0 aliphatic carbocycles. The molecule has 2 aromatic heterocycles. The number of rotatable bonds is 5. The highest BCUT2D eigenvalue weighted by Gasteiger charge is 2.23. The molecule has 0 saturated carbocycles. The first-order valence-electron chi connectivity index (χ1n) is 9.87. The van der Waals surface area contributed by atoms with Crippen molar-refractivity contribution in [2.24, 2.45) is 0 Å². The van der Waals surface area contributed by atoms with Gasteiger partial charge in [-0.15, -0.1) is 5.10 Å². The maximum Gasteiger partial charge on any atom is 0.278 e. The van der Waals surface area contributed by atoms with Gasteiger partial charge in [0, 0.05) is 18.0 Å². The minimum atomic E-state index is -0.377. The summed E-state index contributed by atoms with van der Waals surface area (Å²) in [5, 5.41) is 11.4. The fraction of sp³-hybridized carbons (Fsp3) is 0.167. The van der Waals surface area contributed by atoms with Gasteiger partial charge in [0.15, 0.2) is 5.69 Å². The monoisotopic (exact) mass is 413 g/mol. The van der Waals surface area contributed by atoms with Crippen LogP contribution in [0.25, 0.3) is 16.9 Å². The molecule has 4 rings (SSSR count). The number of aryl methyl sites for hydroxylation is 3. The van der Waals surface area contributed by atoms with Crippen molar-refractivity contribution in [1.29, 1.82) is 0 Å². The van der Waals surface area contributed by atoms with Crippen LogP contribution in [-0.4, -0.2) is 33.0 Å². The summed E-state index contributed by atoms with van der Waals surface area (Å²) < 4.78 is 7.06. The van der Waals surface area contributed by atoms with Crippen LogP contribution in [0.4, 0.5) is 5.69 Å². The summed E-state index contributed by atoms with van der Waals surface area (Å²) in [7, 11) is 1.57. The Kier molecular flexibility index (Phi) is 5.49. The molecule has 31 heavy (non-hydrogen) atoms. The number of anilines is 1. The van der Waals surface area contributed by atoms with Gasteiger partial charge in [-0.25, -0.2) is 4.68 Å². The summed E-state index contributed by atoms with van der Waals surface area (Å²) in [5.74, 6) is 0.196. The Bertz CT molecular complexity index is 1250. The van der Waals surface area contributed by atoms with Crippen LogP contribution in [0.1, 0.15) is 27.2 Å². The summed E-state index contributed by atoms with van der Waals surface area (Å²) in [5.41, 5.74) is 6.22. The minimum absolute atomic E-state index is 0.204. The topological polar surface area (TPSA) is 81.9 Å². The standard InChI is InChI=1S/C24H23N5O2/c1-15-7-10-21(31-4)20(12-15)26-24(30)22-23(18-6-5-11-25-14-18)29(28-27-22)19-9-8-16(2)17(3)13-19/h5-14H,1-4H3,(H,26,30). The third-order valence-electron chi connectivity index (χ3n) is 5.16. The number of hydrogen-bond donors (Lipinski definition) is 1. The first-order chi connectivity index (χ1) is 15.0. The molecule has 4 aromatic rings. The molecule has 0 aliphatic rings. The number of pyridine rings is 1. The fourth-order valence-electron chi connectivity index (χ4n) is 3.34. The van der Waals surface area contributed by atoms with Gasteiger partial charge in [-0.2, -0.15) is 0 Å². The summed E-state index contributed by atoms with van der Waals surface area (Å²) >= 11 is 0. The molecule has 1 N–H and O–H groups in total. The van der Waals surface area contributed by atoms with Crippen LogP contribution < -0.4 is 10.1 Å². The second-order valence-corrected chi connectivity index (χ2v) is 7.37. The molecule has 0 saturated heterocycles. The average Bonchev–Trinajstić information content (AvgIpc) is 3.22. The molecule has 0 fully saturated rings. The number of carbonyl (C=O) groups excluding carboxylic acids is 1. The van der Waals surface area contributed by atoms with E-state index in [1.165, 1.54) is 5.56 Å². The number of carbonyl (C=O) groups is 1. The molecular weight excluding hydrogens is 390 g/mol. The Morgan fingerprint density at radius 2 is 1.87 bits per heavy atom. The van der Waals surface area contributed by atoms with E-state index in [1.54, 1.807) is 24.2 Å². The first-order valence-corrected chi connectivity index (χ1v) is 9.87. The van der Waals surface area contributed by atoms with Gasteiger partial charge in [-0.1, -0.05) is 17.3 Å². The summed E-state index contributed by atoms with van der Waals surface area (Å²) in [6.07, 6.45) is 3.38. The fourth-order valence-corrected chi connectivity index (χ4v) is 3.34. The Hall–Kier alpha value is -4.00. The lowest BCUT2D eigenvalue weighted by Crippen LogP contribution is -2.15. The van der Waals surface area contributed by atoms with Gasteiger partial charge < -0.3 is 10.1 Å². The second-order valence-electron chi connectivity index (χ2n) is 7.37. The highest BCUT2D eigenvalue weighted by Crippen LogP contribution is 2.29. The van der Waals surface area contributed by atoms with E-state index in [-0.39, 0.29) is 11.6 Å². The van der Waals surface area contributed by atoms with Crippen LogP contribution in [0.2, 0.25) is 0 Å². The lowest BCUT2D eigenvalue weighted by Gasteiger charge is -2.12. The SMILES string of the molecule is COc1ccc(C)cc1NC(=O)c1nnn(-c2ccc(C)c(C)c2)c1-c1cccnc1. The van der Waals surface area contributed by atoms with Gasteiger partial charge in [0.1, 0.15) is 11.4 Å². The molecule has 7 nitrogen and oxygen atoms in total. The number of methoxy groups -OCH3 is 1. The van der Waals surface area contributed by atoms with Gasteiger partial charge in [-0.05, 0) is 73.9 Å². The molecule has 0 unspecified atom stereocenters. The quantitative estimate of drug-likeness (QED) is 0.520. The van der Waals surface area contributed by atoms with Crippen LogP contribution in [0.5, 0.6) is 5.75 Å². The molecule has 0 bridgehead atoms. The molecule has 1 amide bonds. The lowest BCUT2D eigenvalue weighted by atomic mass is 10.1. The number of nitrogens with one attached hydrogen (secondary N) is 1. The molecule has 2 aromatic carbocycles. The smallest absolute Gasteiger partial charge is 0.278 e. The van der Waals surface area contributed by atoms with Crippen molar-refractivity contribution in [2.45, 2.75) is 20.8 Å². The predicted molar refractivity (Wildman–Crippen MR) is 120 cm³/mol. The van der Waals surface area contributed by atoms with Crippen LogP contribution in [0, 0.1) is 20.8 Å². The maximum absolute atomic E-state index is 13.3. The van der Waals surface area contributed by atoms with Crippen LogP contribution in [0.15, 0.2) is 60.9 Å². The van der Waals surface area contributed by atoms with Crippen molar-refractivity contribution in [3.05, 3.63) is 83.3 Å². The van der Waals surface area contributed by atoms with Gasteiger partial charge >= 0.3 is 0 Å². The number of amides is 1. The van der Waals surface area contributed by atoms with E-state index in [1.807, 2.05) is 62.4 Å². The largest absolute Gasteiger partial charge is 0.495 e. The van der Waals surface area contributed by atoms with E-state index in [2.05, 4.69) is 27.5 Å². The zero-order chi connectivity index (χ0) is 22.0. The van der Waals surface area contributed by atoms with Crippen LogP contribution in [-0.2, 0) is 0 Å². The number of nitrogens with zero attached hydrogens (tertiary/aromatic N) is 4. The van der Waals surface area contributed by atoms with Gasteiger partial charge in [0.25, 0.3) is 5.91 Å². The summed E-state index contributed by atoms with van der Waals surface area (Å²) in [6, 6.07) is 15.3. The van der Waals surface area contributed by atoms with Crippen molar-refractivity contribution in [2.75, 3.05) is 12.4 Å². The Morgan fingerprint density at radius 1 is 1.03 bits per heavy atom. The predicted octanol–water partition coefficient (Wildman–Crippen LogP) is 4.52. The van der Waals surface area contributed by atoms with Gasteiger partial charge in [0.2, 0.25) is 0 Å². The molecule has 0 radical (unpaired) electrons. The highest BCUT2D eigenvalue weighted by atomic mass is 16.5. The Balaban J connectivity index is 1.81. The average molecular weight is 413 g/mol. The van der Waals surface area contributed by atoms with Crippen molar-refractivity contribution < 1.29 is 9.53 Å². The van der Waals surface area contributed by atoms with E-state index in [4.69, 9.17) is 4.74 Å². The molecular formula is C24H23N5O2. The number of benzene rings is 2.